The lowest BCUT2D eigenvalue weighted by Gasteiger charge is -2.28. The number of nitrogens with zero attached hydrogens (tertiary/aromatic N) is 3. The van der Waals surface area contributed by atoms with Gasteiger partial charge in [-0.1, -0.05) is 18.7 Å². The van der Waals surface area contributed by atoms with E-state index in [2.05, 4.69) is 28.2 Å². The third-order valence-electron chi connectivity index (χ3n) is 4.01. The second-order valence-electron chi connectivity index (χ2n) is 5.87. The molecular formula is C18H24N4O3S. The Kier molecular flexibility index (Phi) is 6.51. The van der Waals surface area contributed by atoms with Gasteiger partial charge in [0, 0.05) is 31.4 Å². The molecule has 8 heteroatoms. The zero-order chi connectivity index (χ0) is 18.4. The third kappa shape index (κ3) is 4.76. The topological polar surface area (TPSA) is 80.5 Å². The summed E-state index contributed by atoms with van der Waals surface area (Å²) >= 11 is 1.51. The summed E-state index contributed by atoms with van der Waals surface area (Å²) in [5, 5.41) is 3.45. The first kappa shape index (κ1) is 18.7. The van der Waals surface area contributed by atoms with Crippen LogP contribution in [0.5, 0.6) is 0 Å². The number of carbonyl (C=O) groups is 1. The van der Waals surface area contributed by atoms with Crippen molar-refractivity contribution in [1.29, 1.82) is 0 Å². The normalized spacial score (nSPS) is 14.5. The summed E-state index contributed by atoms with van der Waals surface area (Å²) in [6.45, 7) is 7.68. The maximum Gasteiger partial charge on any atom is 0.286 e. The molecule has 1 saturated heterocycles. The number of hydrogen-bond acceptors (Lipinski definition) is 7. The van der Waals surface area contributed by atoms with Gasteiger partial charge in [-0.25, -0.2) is 9.97 Å². The van der Waals surface area contributed by atoms with E-state index in [0.717, 1.165) is 55.2 Å². The lowest BCUT2D eigenvalue weighted by Crippen LogP contribution is -2.37. The Morgan fingerprint density at radius 1 is 1.27 bits per heavy atom. The van der Waals surface area contributed by atoms with Crippen molar-refractivity contribution in [2.24, 2.45) is 0 Å². The maximum atomic E-state index is 11.8. The standard InChI is InChI=1S/C18H24N4O3S/c1-3-13-11-16(22-7-9-24-10-8-22)21-18(20-13)26-12-14-5-6-15(25-14)17(23)19-4-2/h5-6,11H,3-4,7-10,12H2,1-2H3,(H,19,23). The number of aromatic nitrogens is 2. The van der Waals surface area contributed by atoms with E-state index < -0.39 is 0 Å². The molecule has 2 aromatic heterocycles. The first-order valence-corrected chi connectivity index (χ1v) is 9.88. The molecule has 1 fully saturated rings. The van der Waals surface area contributed by atoms with E-state index in [1.165, 1.54) is 11.8 Å². The molecule has 7 nitrogen and oxygen atoms in total. The number of thioether (sulfide) groups is 1. The second-order valence-corrected chi connectivity index (χ2v) is 6.81. The molecule has 1 N–H and O–H groups in total. The molecule has 0 unspecified atom stereocenters. The van der Waals surface area contributed by atoms with E-state index in [4.69, 9.17) is 14.1 Å². The number of rotatable bonds is 7. The Morgan fingerprint density at radius 3 is 2.81 bits per heavy atom. The largest absolute Gasteiger partial charge is 0.455 e. The number of anilines is 1. The van der Waals surface area contributed by atoms with Gasteiger partial charge in [-0.15, -0.1) is 0 Å². The fraction of sp³-hybridized carbons (Fsp3) is 0.500. The number of hydrogen-bond donors (Lipinski definition) is 1. The zero-order valence-corrected chi connectivity index (χ0v) is 16.0. The highest BCUT2D eigenvalue weighted by Crippen LogP contribution is 2.24. The van der Waals surface area contributed by atoms with Crippen LogP contribution < -0.4 is 10.2 Å². The molecule has 1 aliphatic rings. The summed E-state index contributed by atoms with van der Waals surface area (Å²) in [4.78, 5) is 23.3. The highest BCUT2D eigenvalue weighted by molar-refractivity contribution is 7.98. The molecule has 3 rings (SSSR count). The SMILES string of the molecule is CCNC(=O)c1ccc(CSc2nc(CC)cc(N3CCOCC3)n2)o1. The summed E-state index contributed by atoms with van der Waals surface area (Å²) in [6, 6.07) is 5.57. The Hall–Kier alpha value is -2.06. The number of ether oxygens (including phenoxy) is 1. The smallest absolute Gasteiger partial charge is 0.286 e. The Bertz CT molecular complexity index is 744. The van der Waals surface area contributed by atoms with Gasteiger partial charge in [-0.3, -0.25) is 4.79 Å². The van der Waals surface area contributed by atoms with Crippen LogP contribution in [0.25, 0.3) is 0 Å². The summed E-state index contributed by atoms with van der Waals surface area (Å²) in [5.41, 5.74) is 1.02. The van der Waals surface area contributed by atoms with E-state index in [1.54, 1.807) is 6.07 Å². The van der Waals surface area contributed by atoms with Crippen molar-refractivity contribution in [3.8, 4) is 0 Å². The predicted octanol–water partition coefficient (Wildman–Crippen LogP) is 2.51. The van der Waals surface area contributed by atoms with Crippen LogP contribution in [-0.4, -0.2) is 48.7 Å². The van der Waals surface area contributed by atoms with Crippen LogP contribution in [-0.2, 0) is 16.9 Å². The number of morpholine rings is 1. The Balaban J connectivity index is 1.68. The molecule has 26 heavy (non-hydrogen) atoms. The Labute approximate surface area is 157 Å². The lowest BCUT2D eigenvalue weighted by molar-refractivity contribution is 0.0927. The van der Waals surface area contributed by atoms with E-state index in [9.17, 15) is 4.79 Å². The number of amides is 1. The van der Waals surface area contributed by atoms with Crippen LogP contribution in [0.1, 0.15) is 35.9 Å². The van der Waals surface area contributed by atoms with Crippen molar-refractivity contribution in [3.05, 3.63) is 35.4 Å². The van der Waals surface area contributed by atoms with Gasteiger partial charge in [-0.2, -0.15) is 0 Å². The Morgan fingerprint density at radius 2 is 2.08 bits per heavy atom. The fourth-order valence-electron chi connectivity index (χ4n) is 2.62. The van der Waals surface area contributed by atoms with Gasteiger partial charge in [-0.05, 0) is 25.5 Å². The van der Waals surface area contributed by atoms with E-state index in [0.29, 0.717) is 18.1 Å². The van der Waals surface area contributed by atoms with E-state index >= 15 is 0 Å². The van der Waals surface area contributed by atoms with Crippen molar-refractivity contribution < 1.29 is 13.9 Å². The molecule has 2 aromatic rings. The highest BCUT2D eigenvalue weighted by atomic mass is 32.2. The molecule has 3 heterocycles. The molecular weight excluding hydrogens is 352 g/mol. The maximum absolute atomic E-state index is 11.8. The summed E-state index contributed by atoms with van der Waals surface area (Å²) < 4.78 is 11.0. The number of carbonyl (C=O) groups excluding carboxylic acids is 1. The molecule has 1 aliphatic heterocycles. The van der Waals surface area contributed by atoms with Crippen LogP contribution >= 0.6 is 11.8 Å². The molecule has 0 radical (unpaired) electrons. The lowest BCUT2D eigenvalue weighted by atomic mass is 10.3. The minimum absolute atomic E-state index is 0.192. The summed E-state index contributed by atoms with van der Waals surface area (Å²) in [7, 11) is 0. The summed E-state index contributed by atoms with van der Waals surface area (Å²) in [5.74, 6) is 2.40. The molecule has 0 aromatic carbocycles. The molecule has 0 atom stereocenters. The van der Waals surface area contributed by atoms with Crippen LogP contribution in [0.2, 0.25) is 0 Å². The molecule has 0 spiro atoms. The van der Waals surface area contributed by atoms with Crippen molar-refractivity contribution in [3.63, 3.8) is 0 Å². The molecule has 0 saturated carbocycles. The minimum Gasteiger partial charge on any atom is -0.455 e. The molecule has 140 valence electrons. The summed E-state index contributed by atoms with van der Waals surface area (Å²) in [6.07, 6.45) is 0.857. The van der Waals surface area contributed by atoms with Gasteiger partial charge in [0.25, 0.3) is 5.91 Å². The third-order valence-corrected chi connectivity index (χ3v) is 4.88. The minimum atomic E-state index is -0.192. The monoisotopic (exact) mass is 376 g/mol. The van der Waals surface area contributed by atoms with E-state index in [-0.39, 0.29) is 5.91 Å². The number of nitrogens with one attached hydrogen (secondary N) is 1. The van der Waals surface area contributed by atoms with Crippen LogP contribution in [0.4, 0.5) is 5.82 Å². The molecule has 1 amide bonds. The van der Waals surface area contributed by atoms with Crippen LogP contribution in [0.3, 0.4) is 0 Å². The van der Waals surface area contributed by atoms with Gasteiger partial charge in [0.1, 0.15) is 11.6 Å². The highest BCUT2D eigenvalue weighted by Gasteiger charge is 2.16. The van der Waals surface area contributed by atoms with Gasteiger partial charge >= 0.3 is 0 Å². The molecule has 0 aliphatic carbocycles. The second kappa shape index (κ2) is 9.05. The first-order chi connectivity index (χ1) is 12.7. The van der Waals surface area contributed by atoms with Gasteiger partial charge in [0.05, 0.1) is 19.0 Å². The quantitative estimate of drug-likeness (QED) is 0.587. The predicted molar refractivity (Wildman–Crippen MR) is 101 cm³/mol. The van der Waals surface area contributed by atoms with Gasteiger partial charge < -0.3 is 19.4 Å². The number of furan rings is 1. The van der Waals surface area contributed by atoms with Gasteiger partial charge in [0.15, 0.2) is 10.9 Å². The molecule has 0 bridgehead atoms. The van der Waals surface area contributed by atoms with Crippen molar-refractivity contribution in [2.45, 2.75) is 31.2 Å². The van der Waals surface area contributed by atoms with E-state index in [1.807, 2.05) is 13.0 Å². The number of aryl methyl sites for hydroxylation is 1. The van der Waals surface area contributed by atoms with Crippen molar-refractivity contribution in [2.75, 3.05) is 37.7 Å². The zero-order valence-electron chi connectivity index (χ0n) is 15.2. The van der Waals surface area contributed by atoms with Crippen molar-refractivity contribution in [1.82, 2.24) is 15.3 Å². The van der Waals surface area contributed by atoms with Crippen LogP contribution in [0.15, 0.2) is 27.8 Å². The average molecular weight is 376 g/mol. The fourth-order valence-corrected chi connectivity index (χ4v) is 3.39. The van der Waals surface area contributed by atoms with Gasteiger partial charge in [0.2, 0.25) is 0 Å². The van der Waals surface area contributed by atoms with Crippen LogP contribution in [0, 0.1) is 0 Å². The first-order valence-electron chi connectivity index (χ1n) is 8.90. The van der Waals surface area contributed by atoms with Crippen molar-refractivity contribution >= 4 is 23.5 Å². The average Bonchev–Trinajstić information content (AvgIpc) is 3.16.